The molecule has 140 valence electrons. The zero-order valence-corrected chi connectivity index (χ0v) is 15.6. The van der Waals surface area contributed by atoms with Crippen molar-refractivity contribution in [3.8, 4) is 0 Å². The van der Waals surface area contributed by atoms with Crippen molar-refractivity contribution in [3.05, 3.63) is 77.4 Å². The Morgan fingerprint density at radius 2 is 1.71 bits per heavy atom. The highest BCUT2D eigenvalue weighted by molar-refractivity contribution is 5.96. The van der Waals surface area contributed by atoms with Crippen LogP contribution in [0.4, 0.5) is 5.69 Å². The molecule has 0 amide bonds. The van der Waals surface area contributed by atoms with Crippen LogP contribution in [0, 0.1) is 17.8 Å². The van der Waals surface area contributed by atoms with Gasteiger partial charge in [-0.25, -0.2) is 4.79 Å². The fraction of sp³-hybridized carbons (Fsp3) is 0.320. The highest BCUT2D eigenvalue weighted by atomic mass is 16.4. The molecule has 3 aliphatic rings. The van der Waals surface area contributed by atoms with Crippen molar-refractivity contribution in [2.24, 2.45) is 17.8 Å². The van der Waals surface area contributed by atoms with Crippen LogP contribution in [0.1, 0.15) is 52.7 Å². The first-order chi connectivity index (χ1) is 13.7. The quantitative estimate of drug-likeness (QED) is 0.597. The van der Waals surface area contributed by atoms with E-state index in [1.165, 1.54) is 46.8 Å². The lowest BCUT2D eigenvalue weighted by molar-refractivity contribution is 0.0697. The predicted molar refractivity (Wildman–Crippen MR) is 111 cm³/mol. The van der Waals surface area contributed by atoms with Crippen LogP contribution in [0.15, 0.2) is 60.7 Å². The molecule has 2 bridgehead atoms. The van der Waals surface area contributed by atoms with Gasteiger partial charge in [0.1, 0.15) is 0 Å². The van der Waals surface area contributed by atoms with E-state index in [4.69, 9.17) is 0 Å². The Balaban J connectivity index is 1.51. The molecule has 3 nitrogen and oxygen atoms in total. The van der Waals surface area contributed by atoms with Gasteiger partial charge in [-0.1, -0.05) is 48.5 Å². The molecule has 1 aliphatic heterocycles. The minimum absolute atomic E-state index is 0.251. The second-order valence-corrected chi connectivity index (χ2v) is 8.74. The minimum Gasteiger partial charge on any atom is -0.478 e. The van der Waals surface area contributed by atoms with E-state index in [9.17, 15) is 9.90 Å². The molecule has 6 rings (SSSR count). The van der Waals surface area contributed by atoms with Crippen molar-refractivity contribution in [3.63, 3.8) is 0 Å². The molecule has 2 aliphatic carbocycles. The van der Waals surface area contributed by atoms with Crippen LogP contribution in [-0.4, -0.2) is 11.1 Å². The average Bonchev–Trinajstić information content (AvgIpc) is 3.35. The molecule has 3 aromatic rings. The zero-order valence-electron chi connectivity index (χ0n) is 15.6. The maximum Gasteiger partial charge on any atom is 0.335 e. The number of fused-ring (bicyclic) bond motifs is 9. The van der Waals surface area contributed by atoms with E-state index in [2.05, 4.69) is 41.7 Å². The second kappa shape index (κ2) is 5.84. The molecule has 2 fully saturated rings. The first-order valence-corrected chi connectivity index (χ1v) is 10.3. The van der Waals surface area contributed by atoms with Crippen molar-refractivity contribution in [1.82, 2.24) is 0 Å². The maximum absolute atomic E-state index is 11.3. The van der Waals surface area contributed by atoms with Gasteiger partial charge in [0.2, 0.25) is 0 Å². The summed E-state index contributed by atoms with van der Waals surface area (Å²) in [6.07, 6.45) is 4.02. The fourth-order valence-electron chi connectivity index (χ4n) is 6.39. The zero-order chi connectivity index (χ0) is 18.8. The van der Waals surface area contributed by atoms with Crippen LogP contribution in [0.2, 0.25) is 0 Å². The Morgan fingerprint density at radius 1 is 0.929 bits per heavy atom. The van der Waals surface area contributed by atoms with Gasteiger partial charge in [-0.2, -0.15) is 0 Å². The lowest BCUT2D eigenvalue weighted by Gasteiger charge is -2.44. The molecule has 3 aromatic carbocycles. The van der Waals surface area contributed by atoms with Gasteiger partial charge in [0.15, 0.2) is 0 Å². The van der Waals surface area contributed by atoms with Gasteiger partial charge < -0.3 is 10.4 Å². The number of nitrogens with one attached hydrogen (secondary N) is 1. The van der Waals surface area contributed by atoms with Crippen LogP contribution in [0.5, 0.6) is 0 Å². The molecule has 5 atom stereocenters. The summed E-state index contributed by atoms with van der Waals surface area (Å²) >= 11 is 0. The highest BCUT2D eigenvalue weighted by Gasteiger charge is 2.53. The number of hydrogen-bond donors (Lipinski definition) is 2. The average molecular weight is 369 g/mol. The summed E-state index contributed by atoms with van der Waals surface area (Å²) in [5.74, 6) is 1.91. The SMILES string of the molecule is O=C(O)c1ccc(C2Nc3c(ccc4ccccc34)C3C4CCC(C4)C23)cc1. The molecule has 0 saturated heterocycles. The van der Waals surface area contributed by atoms with Crippen molar-refractivity contribution in [1.29, 1.82) is 0 Å². The van der Waals surface area contributed by atoms with Crippen LogP contribution < -0.4 is 5.32 Å². The molecule has 5 unspecified atom stereocenters. The molecular formula is C25H23NO2. The number of carboxylic acid groups (broad SMARTS) is 1. The van der Waals surface area contributed by atoms with Crippen molar-refractivity contribution < 1.29 is 9.90 Å². The van der Waals surface area contributed by atoms with Gasteiger partial charge in [-0.05, 0) is 71.6 Å². The molecule has 1 heterocycles. The van der Waals surface area contributed by atoms with E-state index in [-0.39, 0.29) is 6.04 Å². The van der Waals surface area contributed by atoms with Crippen molar-refractivity contribution >= 4 is 22.4 Å². The van der Waals surface area contributed by atoms with E-state index in [1.807, 2.05) is 12.1 Å². The standard InChI is InChI=1S/C25H23NO2/c27-25(28)16-7-5-15(6-8-16)23-22-18-10-9-17(13-18)21(22)20-12-11-14-3-1-2-4-19(14)24(20)26-23/h1-8,11-12,17-18,21-23,26H,9-10,13H2,(H,27,28). The van der Waals surface area contributed by atoms with E-state index < -0.39 is 5.97 Å². The summed E-state index contributed by atoms with van der Waals surface area (Å²) in [6, 6.07) is 21.0. The lowest BCUT2D eigenvalue weighted by atomic mass is 9.67. The molecule has 2 saturated carbocycles. The Kier molecular flexibility index (Phi) is 3.37. The monoisotopic (exact) mass is 369 g/mol. The van der Waals surface area contributed by atoms with Crippen molar-refractivity contribution in [2.45, 2.75) is 31.2 Å². The first-order valence-electron chi connectivity index (χ1n) is 10.3. The third kappa shape index (κ3) is 2.19. The highest BCUT2D eigenvalue weighted by Crippen LogP contribution is 2.64. The first kappa shape index (κ1) is 16.2. The van der Waals surface area contributed by atoms with Crippen molar-refractivity contribution in [2.75, 3.05) is 5.32 Å². The van der Waals surface area contributed by atoms with Crippen LogP contribution in [0.25, 0.3) is 10.8 Å². The lowest BCUT2D eigenvalue weighted by Crippen LogP contribution is -2.35. The van der Waals surface area contributed by atoms with Crippen LogP contribution in [-0.2, 0) is 0 Å². The summed E-state index contributed by atoms with van der Waals surface area (Å²) < 4.78 is 0. The van der Waals surface area contributed by atoms with Gasteiger partial charge >= 0.3 is 5.97 Å². The van der Waals surface area contributed by atoms with Gasteiger partial charge in [0.25, 0.3) is 0 Å². The largest absolute Gasteiger partial charge is 0.478 e. The Bertz CT molecular complexity index is 1090. The molecule has 0 aromatic heterocycles. The summed E-state index contributed by atoms with van der Waals surface area (Å²) in [5.41, 5.74) is 4.36. The molecular weight excluding hydrogens is 346 g/mol. The minimum atomic E-state index is -0.864. The van der Waals surface area contributed by atoms with E-state index in [0.29, 0.717) is 17.4 Å². The van der Waals surface area contributed by atoms with Gasteiger partial charge in [0, 0.05) is 11.1 Å². The maximum atomic E-state index is 11.3. The van der Waals surface area contributed by atoms with E-state index in [0.717, 1.165) is 11.8 Å². The summed E-state index contributed by atoms with van der Waals surface area (Å²) in [4.78, 5) is 11.3. The molecule has 0 spiro atoms. The van der Waals surface area contributed by atoms with Gasteiger partial charge in [-0.15, -0.1) is 0 Å². The fourth-order valence-corrected chi connectivity index (χ4v) is 6.39. The van der Waals surface area contributed by atoms with Crippen LogP contribution in [0.3, 0.4) is 0 Å². The summed E-state index contributed by atoms with van der Waals surface area (Å²) in [7, 11) is 0. The third-order valence-electron chi connectivity index (χ3n) is 7.50. The number of benzene rings is 3. The normalized spacial score (nSPS) is 29.9. The number of carbonyl (C=O) groups is 1. The molecule has 3 heteroatoms. The Labute approximate surface area is 164 Å². The van der Waals surface area contributed by atoms with E-state index >= 15 is 0 Å². The number of hydrogen-bond acceptors (Lipinski definition) is 2. The number of anilines is 1. The van der Waals surface area contributed by atoms with Gasteiger partial charge in [-0.3, -0.25) is 0 Å². The molecule has 28 heavy (non-hydrogen) atoms. The third-order valence-corrected chi connectivity index (χ3v) is 7.50. The van der Waals surface area contributed by atoms with Gasteiger partial charge in [0.05, 0.1) is 11.6 Å². The number of carboxylic acids is 1. The molecule has 0 radical (unpaired) electrons. The number of rotatable bonds is 2. The Hall–Kier alpha value is -2.81. The topological polar surface area (TPSA) is 49.3 Å². The predicted octanol–water partition coefficient (Wildman–Crippen LogP) is 5.83. The Morgan fingerprint density at radius 3 is 2.54 bits per heavy atom. The van der Waals surface area contributed by atoms with Crippen LogP contribution >= 0.6 is 0 Å². The number of aromatic carboxylic acids is 1. The smallest absolute Gasteiger partial charge is 0.335 e. The second-order valence-electron chi connectivity index (χ2n) is 8.74. The summed E-state index contributed by atoms with van der Waals surface area (Å²) in [6.45, 7) is 0. The van der Waals surface area contributed by atoms with E-state index in [1.54, 1.807) is 12.1 Å². The molecule has 2 N–H and O–H groups in total. The summed E-state index contributed by atoms with van der Waals surface area (Å²) in [5, 5.41) is 15.7.